The van der Waals surface area contributed by atoms with E-state index >= 15 is 0 Å². The Hall–Kier alpha value is -1.12. The Morgan fingerprint density at radius 1 is 1.45 bits per heavy atom. The minimum atomic E-state index is -3.54. The van der Waals surface area contributed by atoms with Crippen molar-refractivity contribution in [3.8, 4) is 0 Å². The van der Waals surface area contributed by atoms with Crippen LogP contribution in [0.25, 0.3) is 0 Å². The fourth-order valence-corrected chi connectivity index (χ4v) is 2.75. The highest BCUT2D eigenvalue weighted by atomic mass is 79.9. The summed E-state index contributed by atoms with van der Waals surface area (Å²) in [5.74, 6) is -0.382. The maximum Gasteiger partial charge on any atom is 0.240 e. The highest BCUT2D eigenvalue weighted by molar-refractivity contribution is 9.10. The van der Waals surface area contributed by atoms with E-state index in [4.69, 9.17) is 4.74 Å². The molecule has 1 amide bonds. The van der Waals surface area contributed by atoms with E-state index in [2.05, 4.69) is 21.2 Å². The van der Waals surface area contributed by atoms with E-state index in [9.17, 15) is 13.2 Å². The average molecular weight is 365 g/mol. The second-order valence-electron chi connectivity index (χ2n) is 4.09. The molecule has 112 valence electrons. The lowest BCUT2D eigenvalue weighted by Crippen LogP contribution is -2.41. The molecule has 0 fully saturated rings. The number of hydrogen-bond acceptors (Lipinski definition) is 4. The molecule has 0 saturated heterocycles. The first-order valence-corrected chi connectivity index (χ1v) is 8.47. The van der Waals surface area contributed by atoms with Gasteiger partial charge in [0.2, 0.25) is 15.9 Å². The van der Waals surface area contributed by atoms with E-state index in [0.29, 0.717) is 18.8 Å². The minimum Gasteiger partial charge on any atom is -0.383 e. The molecule has 6 nitrogen and oxygen atoms in total. The van der Waals surface area contributed by atoms with Crippen LogP contribution in [0.3, 0.4) is 0 Å². The van der Waals surface area contributed by atoms with Crippen LogP contribution in [0, 0.1) is 0 Å². The van der Waals surface area contributed by atoms with Crippen LogP contribution in [0.15, 0.2) is 28.7 Å². The van der Waals surface area contributed by atoms with Crippen LogP contribution < -0.4 is 9.62 Å². The molecule has 0 aliphatic heterocycles. The summed E-state index contributed by atoms with van der Waals surface area (Å²) >= 11 is 3.28. The number of rotatable bonds is 7. The van der Waals surface area contributed by atoms with Gasteiger partial charge in [-0.1, -0.05) is 22.0 Å². The number of sulfonamides is 1. The third-order valence-electron chi connectivity index (χ3n) is 2.41. The maximum absolute atomic E-state index is 11.8. The minimum absolute atomic E-state index is 0.265. The predicted molar refractivity (Wildman–Crippen MR) is 81.2 cm³/mol. The standard InChI is InChI=1S/C12H17BrN2O4S/c1-19-7-6-14-12(16)9-15(20(2,17)18)11-5-3-4-10(13)8-11/h3-5,8H,6-7,9H2,1-2H3,(H,14,16). The van der Waals surface area contributed by atoms with Gasteiger partial charge in [-0.3, -0.25) is 9.10 Å². The Labute approximate surface area is 127 Å². The number of amides is 1. The Morgan fingerprint density at radius 3 is 2.70 bits per heavy atom. The summed E-state index contributed by atoms with van der Waals surface area (Å²) in [4.78, 5) is 11.7. The Balaban J connectivity index is 2.84. The van der Waals surface area contributed by atoms with Gasteiger partial charge < -0.3 is 10.1 Å². The maximum atomic E-state index is 11.8. The number of benzene rings is 1. The third kappa shape index (κ3) is 5.48. The first-order valence-electron chi connectivity index (χ1n) is 5.83. The van der Waals surface area contributed by atoms with E-state index in [1.165, 1.54) is 7.11 Å². The second-order valence-corrected chi connectivity index (χ2v) is 6.91. The normalized spacial score (nSPS) is 11.2. The molecule has 0 saturated carbocycles. The van der Waals surface area contributed by atoms with Crippen LogP contribution in [0.1, 0.15) is 0 Å². The fraction of sp³-hybridized carbons (Fsp3) is 0.417. The van der Waals surface area contributed by atoms with Gasteiger partial charge in [-0.25, -0.2) is 8.42 Å². The summed E-state index contributed by atoms with van der Waals surface area (Å²) in [5, 5.41) is 2.59. The molecule has 0 aliphatic carbocycles. The first kappa shape index (κ1) is 16.9. The smallest absolute Gasteiger partial charge is 0.240 e. The van der Waals surface area contributed by atoms with Crippen LogP contribution in [-0.2, 0) is 19.6 Å². The largest absolute Gasteiger partial charge is 0.383 e. The highest BCUT2D eigenvalue weighted by Crippen LogP contribution is 2.21. The van der Waals surface area contributed by atoms with Crippen LogP contribution in [-0.4, -0.2) is 47.4 Å². The van der Waals surface area contributed by atoms with Gasteiger partial charge in [0.1, 0.15) is 6.54 Å². The van der Waals surface area contributed by atoms with Gasteiger partial charge in [0.05, 0.1) is 18.6 Å². The monoisotopic (exact) mass is 364 g/mol. The lowest BCUT2D eigenvalue weighted by molar-refractivity contribution is -0.119. The zero-order chi connectivity index (χ0) is 15.2. The number of methoxy groups -OCH3 is 1. The Morgan fingerprint density at radius 2 is 2.15 bits per heavy atom. The molecule has 0 unspecified atom stereocenters. The Kier molecular flexibility index (Phi) is 6.44. The first-order chi connectivity index (χ1) is 9.34. The number of nitrogens with one attached hydrogen (secondary N) is 1. The summed E-state index contributed by atoms with van der Waals surface area (Å²) in [6.07, 6.45) is 1.07. The van der Waals surface area contributed by atoms with Gasteiger partial charge in [-0.05, 0) is 18.2 Å². The fourth-order valence-electron chi connectivity index (χ4n) is 1.51. The third-order valence-corrected chi connectivity index (χ3v) is 4.05. The highest BCUT2D eigenvalue weighted by Gasteiger charge is 2.20. The quantitative estimate of drug-likeness (QED) is 0.731. The van der Waals surface area contributed by atoms with Crippen molar-refractivity contribution >= 4 is 37.5 Å². The van der Waals surface area contributed by atoms with Crippen molar-refractivity contribution in [3.05, 3.63) is 28.7 Å². The molecule has 0 aromatic heterocycles. The lowest BCUT2D eigenvalue weighted by atomic mass is 10.3. The van der Waals surface area contributed by atoms with Crippen LogP contribution in [0.4, 0.5) is 5.69 Å². The van der Waals surface area contributed by atoms with Crippen molar-refractivity contribution in [1.82, 2.24) is 5.32 Å². The lowest BCUT2D eigenvalue weighted by Gasteiger charge is -2.22. The van der Waals surface area contributed by atoms with E-state index in [0.717, 1.165) is 15.0 Å². The van der Waals surface area contributed by atoms with Crippen molar-refractivity contribution in [2.45, 2.75) is 0 Å². The molecule has 0 aliphatic rings. The van der Waals surface area contributed by atoms with Crippen LogP contribution >= 0.6 is 15.9 Å². The topological polar surface area (TPSA) is 75.7 Å². The molecule has 1 rings (SSSR count). The SMILES string of the molecule is COCCNC(=O)CN(c1cccc(Br)c1)S(C)(=O)=O. The number of anilines is 1. The van der Waals surface area contributed by atoms with Crippen LogP contribution in [0.5, 0.6) is 0 Å². The number of halogens is 1. The molecule has 0 radical (unpaired) electrons. The zero-order valence-electron chi connectivity index (χ0n) is 11.3. The second kappa shape index (κ2) is 7.61. The van der Waals surface area contributed by atoms with Crippen molar-refractivity contribution < 1.29 is 17.9 Å². The summed E-state index contributed by atoms with van der Waals surface area (Å²) in [6.45, 7) is 0.450. The van der Waals surface area contributed by atoms with Gasteiger partial charge >= 0.3 is 0 Å². The van der Waals surface area contributed by atoms with Gasteiger partial charge in [-0.15, -0.1) is 0 Å². The number of carbonyl (C=O) groups excluding carboxylic acids is 1. The molecule has 1 aromatic carbocycles. The Bertz CT molecular complexity index is 562. The molecule has 1 aromatic rings. The number of carbonyl (C=O) groups is 1. The number of ether oxygens (including phenoxy) is 1. The average Bonchev–Trinajstić information content (AvgIpc) is 2.35. The van der Waals surface area contributed by atoms with E-state index in [1.54, 1.807) is 24.3 Å². The summed E-state index contributed by atoms with van der Waals surface area (Å²) in [7, 11) is -2.02. The van der Waals surface area contributed by atoms with Crippen molar-refractivity contribution in [1.29, 1.82) is 0 Å². The summed E-state index contributed by atoms with van der Waals surface area (Å²) in [5.41, 5.74) is 0.434. The number of hydrogen-bond donors (Lipinski definition) is 1. The molecule has 20 heavy (non-hydrogen) atoms. The predicted octanol–water partition coefficient (Wildman–Crippen LogP) is 0.978. The summed E-state index contributed by atoms with van der Waals surface area (Å²) < 4.78 is 30.2. The van der Waals surface area contributed by atoms with Gasteiger partial charge in [0.25, 0.3) is 0 Å². The molecule has 8 heteroatoms. The van der Waals surface area contributed by atoms with Gasteiger partial charge in [0.15, 0.2) is 0 Å². The van der Waals surface area contributed by atoms with Crippen molar-refractivity contribution in [3.63, 3.8) is 0 Å². The van der Waals surface area contributed by atoms with Gasteiger partial charge in [0, 0.05) is 18.1 Å². The van der Waals surface area contributed by atoms with Gasteiger partial charge in [-0.2, -0.15) is 0 Å². The molecule has 0 atom stereocenters. The molecule has 0 spiro atoms. The zero-order valence-corrected chi connectivity index (χ0v) is 13.7. The number of nitrogens with zero attached hydrogens (tertiary/aromatic N) is 1. The molecule has 0 heterocycles. The van der Waals surface area contributed by atoms with E-state index < -0.39 is 10.0 Å². The van der Waals surface area contributed by atoms with Crippen molar-refractivity contribution in [2.75, 3.05) is 37.4 Å². The summed E-state index contributed by atoms with van der Waals surface area (Å²) in [6, 6.07) is 6.76. The molecule has 0 bridgehead atoms. The van der Waals surface area contributed by atoms with Crippen molar-refractivity contribution in [2.24, 2.45) is 0 Å². The van der Waals surface area contributed by atoms with E-state index in [1.807, 2.05) is 0 Å². The molecular weight excluding hydrogens is 348 g/mol. The molecular formula is C12H17BrN2O4S. The van der Waals surface area contributed by atoms with Crippen LogP contribution in [0.2, 0.25) is 0 Å². The molecule has 1 N–H and O–H groups in total. The van der Waals surface area contributed by atoms with E-state index in [-0.39, 0.29) is 12.5 Å².